The van der Waals surface area contributed by atoms with Gasteiger partial charge in [0.2, 0.25) is 0 Å². The summed E-state index contributed by atoms with van der Waals surface area (Å²) in [6, 6.07) is 10.4. The molecule has 1 aliphatic carbocycles. The van der Waals surface area contributed by atoms with E-state index in [0.717, 1.165) is 29.9 Å². The Morgan fingerprint density at radius 3 is 2.67 bits per heavy atom. The lowest BCUT2D eigenvalue weighted by molar-refractivity contribution is -0.148. The molecule has 2 rings (SSSR count). The summed E-state index contributed by atoms with van der Waals surface area (Å²) in [6.45, 7) is 2.19. The maximum Gasteiger partial charge on any atom is 0.331 e. The van der Waals surface area contributed by atoms with Gasteiger partial charge >= 0.3 is 5.97 Å². The van der Waals surface area contributed by atoms with Gasteiger partial charge in [-0.1, -0.05) is 43.7 Å². The van der Waals surface area contributed by atoms with Crippen molar-refractivity contribution < 1.29 is 9.53 Å². The maximum atomic E-state index is 12.6. The maximum absolute atomic E-state index is 12.6. The van der Waals surface area contributed by atoms with Gasteiger partial charge in [-0.15, -0.1) is 0 Å². The van der Waals surface area contributed by atoms with Crippen molar-refractivity contribution in [1.29, 1.82) is 0 Å². The Hall–Kier alpha value is -1.00. The standard InChI is InChI=1S/C17H25NO2S/c1-3-4-12-21-13-17(16(19)20-2,18-15-10-11-15)14-8-6-5-7-9-14/h5-9,15,18H,3-4,10-13H2,1-2H3. The van der Waals surface area contributed by atoms with Crippen LogP contribution in [0.25, 0.3) is 0 Å². The number of carbonyl (C=O) groups excluding carboxylic acids is 1. The average molecular weight is 307 g/mol. The molecule has 1 fully saturated rings. The molecule has 1 aromatic rings. The van der Waals surface area contributed by atoms with Crippen LogP contribution < -0.4 is 5.32 Å². The molecule has 4 heteroatoms. The first-order valence-corrected chi connectivity index (χ1v) is 8.88. The number of hydrogen-bond acceptors (Lipinski definition) is 4. The van der Waals surface area contributed by atoms with Crippen LogP contribution in [-0.2, 0) is 15.1 Å². The Labute approximate surface area is 131 Å². The molecule has 0 aromatic heterocycles. The number of hydrogen-bond donors (Lipinski definition) is 1. The monoisotopic (exact) mass is 307 g/mol. The molecule has 1 unspecified atom stereocenters. The van der Waals surface area contributed by atoms with E-state index in [0.29, 0.717) is 6.04 Å². The number of esters is 1. The van der Waals surface area contributed by atoms with Crippen molar-refractivity contribution in [3.63, 3.8) is 0 Å². The van der Waals surface area contributed by atoms with Crippen LogP contribution in [-0.4, -0.2) is 30.6 Å². The van der Waals surface area contributed by atoms with E-state index in [9.17, 15) is 4.79 Å². The fourth-order valence-electron chi connectivity index (χ4n) is 2.39. The van der Waals surface area contributed by atoms with Crippen molar-refractivity contribution in [1.82, 2.24) is 5.32 Å². The van der Waals surface area contributed by atoms with Crippen molar-refractivity contribution in [2.24, 2.45) is 0 Å². The topological polar surface area (TPSA) is 38.3 Å². The largest absolute Gasteiger partial charge is 0.467 e. The Bertz CT molecular complexity index is 447. The van der Waals surface area contributed by atoms with Crippen LogP contribution in [0.2, 0.25) is 0 Å². The summed E-state index contributed by atoms with van der Waals surface area (Å²) in [6.07, 6.45) is 4.65. The highest BCUT2D eigenvalue weighted by Gasteiger charge is 2.44. The highest BCUT2D eigenvalue weighted by atomic mass is 32.2. The number of rotatable bonds is 9. The molecule has 0 aliphatic heterocycles. The second-order valence-electron chi connectivity index (χ2n) is 5.59. The lowest BCUT2D eigenvalue weighted by Gasteiger charge is -2.32. The molecule has 21 heavy (non-hydrogen) atoms. The molecule has 3 nitrogen and oxygen atoms in total. The van der Waals surface area contributed by atoms with Gasteiger partial charge in [-0.3, -0.25) is 5.32 Å². The number of ether oxygens (including phenoxy) is 1. The van der Waals surface area contributed by atoms with E-state index in [1.165, 1.54) is 20.0 Å². The number of carbonyl (C=O) groups is 1. The number of unbranched alkanes of at least 4 members (excludes halogenated alkanes) is 1. The molecule has 0 spiro atoms. The average Bonchev–Trinajstić information content (AvgIpc) is 3.34. The van der Waals surface area contributed by atoms with Gasteiger partial charge < -0.3 is 4.74 Å². The first-order chi connectivity index (χ1) is 10.2. The lowest BCUT2D eigenvalue weighted by atomic mass is 9.91. The van der Waals surface area contributed by atoms with Gasteiger partial charge in [0, 0.05) is 11.8 Å². The molecule has 0 heterocycles. The molecular weight excluding hydrogens is 282 g/mol. The normalized spacial score (nSPS) is 17.2. The van der Waals surface area contributed by atoms with E-state index in [4.69, 9.17) is 4.74 Å². The first kappa shape index (κ1) is 16.4. The van der Waals surface area contributed by atoms with Gasteiger partial charge in [0.05, 0.1) is 7.11 Å². The van der Waals surface area contributed by atoms with Crippen LogP contribution >= 0.6 is 11.8 Å². The van der Waals surface area contributed by atoms with Gasteiger partial charge in [-0.25, -0.2) is 4.79 Å². The summed E-state index contributed by atoms with van der Waals surface area (Å²) < 4.78 is 5.14. The van der Waals surface area contributed by atoms with E-state index in [-0.39, 0.29) is 5.97 Å². The van der Waals surface area contributed by atoms with Gasteiger partial charge in [0.25, 0.3) is 0 Å². The Kier molecular flexibility index (Phi) is 6.12. The number of benzene rings is 1. The van der Waals surface area contributed by atoms with Gasteiger partial charge in [0.1, 0.15) is 0 Å². The van der Waals surface area contributed by atoms with E-state index >= 15 is 0 Å². The fraction of sp³-hybridized carbons (Fsp3) is 0.588. The van der Waals surface area contributed by atoms with E-state index in [2.05, 4.69) is 12.2 Å². The predicted octanol–water partition coefficient (Wildman–Crippen LogP) is 3.34. The zero-order valence-corrected chi connectivity index (χ0v) is 13.7. The molecule has 1 N–H and O–H groups in total. The Morgan fingerprint density at radius 2 is 2.10 bits per heavy atom. The van der Waals surface area contributed by atoms with Crippen LogP contribution in [0.15, 0.2) is 30.3 Å². The fourth-order valence-corrected chi connectivity index (χ4v) is 3.70. The minimum atomic E-state index is -0.713. The minimum absolute atomic E-state index is 0.176. The molecule has 0 bridgehead atoms. The third-order valence-electron chi connectivity index (χ3n) is 3.79. The van der Waals surface area contributed by atoms with Gasteiger partial charge in [-0.2, -0.15) is 11.8 Å². The molecule has 0 amide bonds. The van der Waals surface area contributed by atoms with Crippen molar-refractivity contribution in [2.45, 2.75) is 44.2 Å². The van der Waals surface area contributed by atoms with E-state index in [1.807, 2.05) is 42.1 Å². The third kappa shape index (κ3) is 4.24. The molecular formula is C17H25NO2S. The second kappa shape index (κ2) is 7.85. The smallest absolute Gasteiger partial charge is 0.331 e. The van der Waals surface area contributed by atoms with Crippen LogP contribution in [0.4, 0.5) is 0 Å². The van der Waals surface area contributed by atoms with Crippen molar-refractivity contribution in [3.8, 4) is 0 Å². The van der Waals surface area contributed by atoms with Crippen molar-refractivity contribution in [3.05, 3.63) is 35.9 Å². The van der Waals surface area contributed by atoms with Crippen molar-refractivity contribution in [2.75, 3.05) is 18.6 Å². The quantitative estimate of drug-likeness (QED) is 0.561. The molecule has 1 atom stereocenters. The minimum Gasteiger partial charge on any atom is -0.467 e. The van der Waals surface area contributed by atoms with E-state index in [1.54, 1.807) is 0 Å². The molecule has 0 saturated heterocycles. The number of methoxy groups -OCH3 is 1. The molecule has 1 aliphatic rings. The molecule has 116 valence electrons. The molecule has 1 saturated carbocycles. The Balaban J connectivity index is 2.22. The summed E-state index contributed by atoms with van der Waals surface area (Å²) in [5, 5.41) is 3.55. The molecule has 0 radical (unpaired) electrons. The highest BCUT2D eigenvalue weighted by Crippen LogP contribution is 2.33. The summed E-state index contributed by atoms with van der Waals surface area (Å²) in [7, 11) is 1.48. The SMILES string of the molecule is CCCCSCC(NC1CC1)(C(=O)OC)c1ccccc1. The molecule has 1 aromatic carbocycles. The van der Waals surface area contributed by atoms with Gasteiger partial charge in [-0.05, 0) is 30.6 Å². The second-order valence-corrected chi connectivity index (χ2v) is 6.69. The third-order valence-corrected chi connectivity index (χ3v) is 5.00. The summed E-state index contributed by atoms with van der Waals surface area (Å²) in [4.78, 5) is 12.6. The summed E-state index contributed by atoms with van der Waals surface area (Å²) >= 11 is 1.83. The van der Waals surface area contributed by atoms with Crippen LogP contribution in [0.3, 0.4) is 0 Å². The Morgan fingerprint density at radius 1 is 1.38 bits per heavy atom. The first-order valence-electron chi connectivity index (χ1n) is 7.72. The number of thioether (sulfide) groups is 1. The van der Waals surface area contributed by atoms with Crippen molar-refractivity contribution >= 4 is 17.7 Å². The zero-order chi connectivity index (χ0) is 15.1. The highest BCUT2D eigenvalue weighted by molar-refractivity contribution is 7.99. The predicted molar refractivity (Wildman–Crippen MR) is 88.5 cm³/mol. The summed E-state index contributed by atoms with van der Waals surface area (Å²) in [5.74, 6) is 1.62. The number of nitrogens with one attached hydrogen (secondary N) is 1. The van der Waals surface area contributed by atoms with E-state index < -0.39 is 5.54 Å². The van der Waals surface area contributed by atoms with Gasteiger partial charge in [0.15, 0.2) is 5.54 Å². The van der Waals surface area contributed by atoms with Crippen LogP contribution in [0.5, 0.6) is 0 Å². The zero-order valence-electron chi connectivity index (χ0n) is 12.9. The van der Waals surface area contributed by atoms with Crippen LogP contribution in [0, 0.1) is 0 Å². The van der Waals surface area contributed by atoms with Crippen LogP contribution in [0.1, 0.15) is 38.2 Å². The summed E-state index contributed by atoms with van der Waals surface area (Å²) in [5.41, 5.74) is 0.294. The lowest BCUT2D eigenvalue weighted by Crippen LogP contribution is -2.53.